The van der Waals surface area contributed by atoms with Gasteiger partial charge in [-0.3, -0.25) is 9.69 Å². The largest absolute Gasteiger partial charge is 0.335 e. The molecule has 0 fully saturated rings. The van der Waals surface area contributed by atoms with Crippen LogP contribution in [0.2, 0.25) is 5.02 Å². The minimum atomic E-state index is -0.0307. The second-order valence-corrected chi connectivity index (χ2v) is 8.27. The van der Waals surface area contributed by atoms with Gasteiger partial charge in [0.1, 0.15) is 18.3 Å². The zero-order chi connectivity index (χ0) is 20.3. The molecule has 3 rings (SSSR count). The zero-order valence-corrected chi connectivity index (χ0v) is 18.1. The van der Waals surface area contributed by atoms with E-state index in [-0.39, 0.29) is 5.91 Å². The van der Waals surface area contributed by atoms with E-state index in [2.05, 4.69) is 24.4 Å². The molecule has 1 atom stereocenters. The molecule has 0 bridgehead atoms. The number of quaternary nitrogens is 1. The van der Waals surface area contributed by atoms with E-state index in [0.717, 1.165) is 34.1 Å². The summed E-state index contributed by atoms with van der Waals surface area (Å²) in [6, 6.07) is 14.3. The monoisotopic (exact) mass is 414 g/mol. The van der Waals surface area contributed by atoms with E-state index >= 15 is 0 Å². The molecule has 1 amide bonds. The maximum absolute atomic E-state index is 12.4. The van der Waals surface area contributed by atoms with Crippen LogP contribution in [-0.2, 0) is 11.3 Å². The molecular formula is C22H25ClN3OS+. The summed E-state index contributed by atoms with van der Waals surface area (Å²) >= 11 is 7.47. The molecule has 2 aromatic carbocycles. The van der Waals surface area contributed by atoms with Crippen molar-refractivity contribution < 1.29 is 10.1 Å². The summed E-state index contributed by atoms with van der Waals surface area (Å²) in [7, 11) is 0. The summed E-state index contributed by atoms with van der Waals surface area (Å²) in [4.78, 5) is 18.9. The third kappa shape index (κ3) is 4.61. The van der Waals surface area contributed by atoms with Crippen molar-refractivity contribution in [2.24, 2.45) is 0 Å². The number of aryl methyl sites for hydroxylation is 2. The number of nitrogens with two attached hydrogens (primary N) is 1. The Labute approximate surface area is 175 Å². The molecule has 3 aromatic rings. The molecule has 0 spiro atoms. The zero-order valence-electron chi connectivity index (χ0n) is 16.6. The molecule has 0 aliphatic rings. The molecule has 28 heavy (non-hydrogen) atoms. The Kier molecular flexibility index (Phi) is 6.50. The number of para-hydroxylation sites is 1. The smallest absolute Gasteiger partial charge is 0.230 e. The summed E-state index contributed by atoms with van der Waals surface area (Å²) in [5, 5.41) is 5.73. The fraction of sp³-hybridized carbons (Fsp3) is 0.273. The first-order chi connectivity index (χ1) is 13.4. The molecule has 0 saturated carbocycles. The molecule has 0 radical (unpaired) electrons. The van der Waals surface area contributed by atoms with Crippen LogP contribution >= 0.6 is 22.9 Å². The summed E-state index contributed by atoms with van der Waals surface area (Å²) in [5.41, 5.74) is 5.25. The number of carbonyl (C=O) groups excluding carboxylic acids is 1. The first kappa shape index (κ1) is 20.5. The highest BCUT2D eigenvalue weighted by Gasteiger charge is 2.22. The summed E-state index contributed by atoms with van der Waals surface area (Å²) in [6.07, 6.45) is 0. The molecule has 1 heterocycles. The fourth-order valence-electron chi connectivity index (χ4n) is 3.24. The SMILES string of the molecule is CC(=O)N(c1nc(C[NH2+][C@H](C)c2ccc(Cl)cc2)cs1)c1c(C)cccc1C. The molecule has 0 unspecified atom stereocenters. The van der Waals surface area contributed by atoms with E-state index in [0.29, 0.717) is 11.2 Å². The maximum Gasteiger partial charge on any atom is 0.230 e. The minimum Gasteiger partial charge on any atom is -0.335 e. The van der Waals surface area contributed by atoms with Gasteiger partial charge in [0.05, 0.1) is 5.69 Å². The fourth-order valence-corrected chi connectivity index (χ4v) is 4.25. The maximum atomic E-state index is 12.4. The van der Waals surface area contributed by atoms with E-state index < -0.39 is 0 Å². The van der Waals surface area contributed by atoms with E-state index in [9.17, 15) is 4.79 Å². The van der Waals surface area contributed by atoms with Gasteiger partial charge in [-0.05, 0) is 44.0 Å². The molecule has 146 valence electrons. The molecule has 4 nitrogen and oxygen atoms in total. The van der Waals surface area contributed by atoms with Crippen LogP contribution in [0.15, 0.2) is 47.8 Å². The average molecular weight is 415 g/mol. The standard InChI is InChI=1S/C22H24ClN3OS/c1-14-6-5-7-15(2)21(14)26(17(4)27)22-25-20(13-28-22)12-24-16(3)18-8-10-19(23)11-9-18/h5-11,13,16,24H,12H2,1-4H3/p+1/t16-/m1/s1. The van der Waals surface area contributed by atoms with E-state index in [1.54, 1.807) is 11.8 Å². The third-order valence-corrected chi connectivity index (χ3v) is 5.91. The van der Waals surface area contributed by atoms with Crippen molar-refractivity contribution in [1.82, 2.24) is 4.98 Å². The van der Waals surface area contributed by atoms with Gasteiger partial charge < -0.3 is 5.32 Å². The van der Waals surface area contributed by atoms with Gasteiger partial charge in [0.2, 0.25) is 5.91 Å². The van der Waals surface area contributed by atoms with E-state index in [1.165, 1.54) is 16.9 Å². The lowest BCUT2D eigenvalue weighted by atomic mass is 10.1. The van der Waals surface area contributed by atoms with Crippen LogP contribution in [0.25, 0.3) is 0 Å². The lowest BCUT2D eigenvalue weighted by molar-refractivity contribution is -0.708. The van der Waals surface area contributed by atoms with Gasteiger partial charge in [-0.15, -0.1) is 11.3 Å². The van der Waals surface area contributed by atoms with Crippen molar-refractivity contribution in [3.63, 3.8) is 0 Å². The Morgan fingerprint density at radius 1 is 1.18 bits per heavy atom. The predicted octanol–water partition coefficient (Wildman–Crippen LogP) is 4.92. The highest BCUT2D eigenvalue weighted by atomic mass is 35.5. The van der Waals surface area contributed by atoms with Crippen LogP contribution in [-0.4, -0.2) is 10.9 Å². The lowest BCUT2D eigenvalue weighted by Gasteiger charge is -2.22. The van der Waals surface area contributed by atoms with Gasteiger partial charge >= 0.3 is 0 Å². The van der Waals surface area contributed by atoms with Crippen molar-refractivity contribution in [1.29, 1.82) is 0 Å². The van der Waals surface area contributed by atoms with Gasteiger partial charge in [0, 0.05) is 22.9 Å². The number of anilines is 2. The Balaban J connectivity index is 1.76. The quantitative estimate of drug-likeness (QED) is 0.622. The van der Waals surface area contributed by atoms with Crippen molar-refractivity contribution >= 4 is 39.7 Å². The van der Waals surface area contributed by atoms with Crippen molar-refractivity contribution in [2.45, 2.75) is 40.3 Å². The minimum absolute atomic E-state index is 0.0307. The second kappa shape index (κ2) is 8.86. The number of halogens is 1. The van der Waals surface area contributed by atoms with Crippen LogP contribution in [0.4, 0.5) is 10.8 Å². The number of benzene rings is 2. The third-order valence-electron chi connectivity index (χ3n) is 4.79. The molecule has 1 aromatic heterocycles. The Bertz CT molecular complexity index is 948. The molecule has 0 aliphatic carbocycles. The number of hydrogen-bond donors (Lipinski definition) is 1. The number of carbonyl (C=O) groups is 1. The van der Waals surface area contributed by atoms with Crippen LogP contribution in [0.3, 0.4) is 0 Å². The van der Waals surface area contributed by atoms with Crippen molar-refractivity contribution in [3.05, 3.63) is 75.3 Å². The predicted molar refractivity (Wildman–Crippen MR) is 116 cm³/mol. The van der Waals surface area contributed by atoms with Crippen LogP contribution in [0.1, 0.15) is 42.3 Å². The number of rotatable bonds is 6. The topological polar surface area (TPSA) is 49.8 Å². The van der Waals surface area contributed by atoms with Gasteiger partial charge in [0.25, 0.3) is 0 Å². The van der Waals surface area contributed by atoms with Gasteiger partial charge in [-0.1, -0.05) is 41.9 Å². The molecule has 0 saturated heterocycles. The molecule has 2 N–H and O–H groups in total. The van der Waals surface area contributed by atoms with Crippen molar-refractivity contribution in [3.8, 4) is 0 Å². The molecule has 6 heteroatoms. The first-order valence-corrected chi connectivity index (χ1v) is 10.5. The van der Waals surface area contributed by atoms with Gasteiger partial charge in [-0.2, -0.15) is 0 Å². The second-order valence-electron chi connectivity index (χ2n) is 7.00. The lowest BCUT2D eigenvalue weighted by Crippen LogP contribution is -2.83. The highest BCUT2D eigenvalue weighted by molar-refractivity contribution is 7.14. The van der Waals surface area contributed by atoms with Crippen molar-refractivity contribution in [2.75, 3.05) is 4.90 Å². The summed E-state index contributed by atoms with van der Waals surface area (Å²) in [5.74, 6) is -0.0307. The molecular weight excluding hydrogens is 390 g/mol. The number of thiazole rings is 1. The summed E-state index contributed by atoms with van der Waals surface area (Å²) < 4.78 is 0. The van der Waals surface area contributed by atoms with E-state index in [4.69, 9.17) is 16.6 Å². The molecule has 0 aliphatic heterocycles. The van der Waals surface area contributed by atoms with E-state index in [1.807, 2.05) is 49.6 Å². The Hall–Kier alpha value is -2.21. The number of nitrogens with zero attached hydrogens (tertiary/aromatic N) is 2. The highest BCUT2D eigenvalue weighted by Crippen LogP contribution is 2.33. The van der Waals surface area contributed by atoms with Gasteiger partial charge in [0.15, 0.2) is 5.13 Å². The Morgan fingerprint density at radius 3 is 2.43 bits per heavy atom. The number of amides is 1. The van der Waals surface area contributed by atoms with Crippen LogP contribution in [0.5, 0.6) is 0 Å². The van der Waals surface area contributed by atoms with Gasteiger partial charge in [-0.25, -0.2) is 4.98 Å². The first-order valence-electron chi connectivity index (χ1n) is 9.27. The number of aromatic nitrogens is 1. The summed E-state index contributed by atoms with van der Waals surface area (Å²) in [6.45, 7) is 8.54. The Morgan fingerprint density at radius 2 is 1.82 bits per heavy atom. The van der Waals surface area contributed by atoms with Crippen LogP contribution in [0, 0.1) is 13.8 Å². The number of hydrogen-bond acceptors (Lipinski definition) is 3. The normalized spacial score (nSPS) is 12.0. The average Bonchev–Trinajstić information content (AvgIpc) is 3.11. The van der Waals surface area contributed by atoms with Crippen LogP contribution < -0.4 is 10.2 Å².